The van der Waals surface area contributed by atoms with Crippen LogP contribution >= 0.6 is 35.3 Å². The summed E-state index contributed by atoms with van der Waals surface area (Å²) >= 11 is 1.79. The number of halogens is 1. The summed E-state index contributed by atoms with van der Waals surface area (Å²) in [5.74, 6) is 2.54. The predicted octanol–water partition coefficient (Wildman–Crippen LogP) is 3.91. The first-order valence-corrected chi connectivity index (χ1v) is 10.7. The molecule has 1 N–H and O–H groups in total. The fourth-order valence-corrected chi connectivity index (χ4v) is 4.23. The molecule has 1 aliphatic heterocycles. The SMILES string of the molecule is CCNC(=NCCc1ncc(CC)s1)N1CCc2cc(OC)c(OC)cc2C1.I. The third-order valence-electron chi connectivity index (χ3n) is 4.89. The maximum atomic E-state index is 5.48. The summed E-state index contributed by atoms with van der Waals surface area (Å²) in [5.41, 5.74) is 2.58. The first-order valence-electron chi connectivity index (χ1n) is 9.89. The third-order valence-corrected chi connectivity index (χ3v) is 6.09. The van der Waals surface area contributed by atoms with Crippen LogP contribution in [0.4, 0.5) is 0 Å². The van der Waals surface area contributed by atoms with Gasteiger partial charge in [-0.25, -0.2) is 4.98 Å². The number of ether oxygens (including phenoxy) is 2. The van der Waals surface area contributed by atoms with Gasteiger partial charge in [-0.15, -0.1) is 35.3 Å². The Kier molecular flexibility index (Phi) is 9.48. The second-order valence-corrected chi connectivity index (χ2v) is 7.91. The van der Waals surface area contributed by atoms with Crippen LogP contribution in [0.15, 0.2) is 23.3 Å². The Morgan fingerprint density at radius 3 is 2.55 bits per heavy atom. The van der Waals surface area contributed by atoms with E-state index in [4.69, 9.17) is 14.5 Å². The molecule has 29 heavy (non-hydrogen) atoms. The number of fused-ring (bicyclic) bond motifs is 1. The van der Waals surface area contributed by atoms with Crippen molar-refractivity contribution < 1.29 is 9.47 Å². The second-order valence-electron chi connectivity index (χ2n) is 6.71. The lowest BCUT2D eigenvalue weighted by molar-refractivity contribution is 0.346. The lowest BCUT2D eigenvalue weighted by atomic mass is 9.99. The van der Waals surface area contributed by atoms with E-state index in [0.717, 1.165) is 67.9 Å². The van der Waals surface area contributed by atoms with Crippen LogP contribution in [0.1, 0.15) is 34.9 Å². The molecule has 6 nitrogen and oxygen atoms in total. The molecule has 0 radical (unpaired) electrons. The Labute approximate surface area is 194 Å². The van der Waals surface area contributed by atoms with E-state index in [9.17, 15) is 0 Å². The number of aromatic nitrogens is 1. The average Bonchev–Trinajstić information content (AvgIpc) is 3.19. The highest BCUT2D eigenvalue weighted by molar-refractivity contribution is 14.0. The second kappa shape index (κ2) is 11.6. The van der Waals surface area contributed by atoms with Crippen LogP contribution in [0.3, 0.4) is 0 Å². The van der Waals surface area contributed by atoms with Gasteiger partial charge in [-0.1, -0.05) is 6.92 Å². The largest absolute Gasteiger partial charge is 0.493 e. The van der Waals surface area contributed by atoms with E-state index in [1.807, 2.05) is 6.20 Å². The number of thiazole rings is 1. The summed E-state index contributed by atoms with van der Waals surface area (Å²) < 4.78 is 10.9. The molecule has 1 aromatic heterocycles. The predicted molar refractivity (Wildman–Crippen MR) is 130 cm³/mol. The van der Waals surface area contributed by atoms with Gasteiger partial charge in [0.05, 0.1) is 19.2 Å². The van der Waals surface area contributed by atoms with Gasteiger partial charge in [-0.3, -0.25) is 4.99 Å². The van der Waals surface area contributed by atoms with Gasteiger partial charge in [0.2, 0.25) is 0 Å². The van der Waals surface area contributed by atoms with Crippen LogP contribution in [-0.4, -0.2) is 49.7 Å². The van der Waals surface area contributed by atoms with Crippen molar-refractivity contribution in [1.29, 1.82) is 0 Å². The van der Waals surface area contributed by atoms with Gasteiger partial charge in [0.15, 0.2) is 17.5 Å². The number of methoxy groups -OCH3 is 2. The van der Waals surface area contributed by atoms with E-state index in [1.165, 1.54) is 16.0 Å². The van der Waals surface area contributed by atoms with Crippen molar-refractivity contribution in [3.63, 3.8) is 0 Å². The lowest BCUT2D eigenvalue weighted by Crippen LogP contribution is -2.44. The fourth-order valence-electron chi connectivity index (χ4n) is 3.37. The molecule has 0 aliphatic carbocycles. The van der Waals surface area contributed by atoms with Crippen molar-refractivity contribution in [2.45, 2.75) is 39.7 Å². The number of guanidine groups is 1. The standard InChI is InChI=1S/C21H30N4O2S.HI/c1-5-17-13-24-20(28-17)7-9-23-21(22-6-2)25-10-8-15-11-18(26-3)19(27-4)12-16(15)14-25;/h11-13H,5-10,14H2,1-4H3,(H,22,23);1H. The molecular weight excluding hydrogens is 499 g/mol. The van der Waals surface area contributed by atoms with E-state index in [2.05, 4.69) is 41.2 Å². The van der Waals surface area contributed by atoms with E-state index < -0.39 is 0 Å². The van der Waals surface area contributed by atoms with Gasteiger partial charge in [0, 0.05) is 43.7 Å². The zero-order chi connectivity index (χ0) is 19.9. The normalized spacial score (nSPS) is 13.5. The molecule has 0 spiro atoms. The minimum Gasteiger partial charge on any atom is -0.493 e. The number of nitrogens with one attached hydrogen (secondary N) is 1. The summed E-state index contributed by atoms with van der Waals surface area (Å²) in [6.07, 6.45) is 4.88. The summed E-state index contributed by atoms with van der Waals surface area (Å²) in [6.45, 7) is 7.62. The number of aryl methyl sites for hydroxylation is 1. The zero-order valence-corrected chi connectivity index (χ0v) is 20.8. The topological polar surface area (TPSA) is 59.0 Å². The first-order chi connectivity index (χ1) is 13.7. The van der Waals surface area contributed by atoms with Gasteiger partial charge < -0.3 is 19.7 Å². The van der Waals surface area contributed by atoms with Gasteiger partial charge in [-0.2, -0.15) is 0 Å². The van der Waals surface area contributed by atoms with Crippen LogP contribution < -0.4 is 14.8 Å². The molecule has 0 saturated carbocycles. The summed E-state index contributed by atoms with van der Waals surface area (Å²) in [6, 6.07) is 4.19. The smallest absolute Gasteiger partial charge is 0.194 e. The van der Waals surface area contributed by atoms with Crippen molar-refractivity contribution in [2.75, 3.05) is 33.9 Å². The molecular formula is C21H31IN4O2S. The summed E-state index contributed by atoms with van der Waals surface area (Å²) in [7, 11) is 3.36. The lowest BCUT2D eigenvalue weighted by Gasteiger charge is -2.32. The van der Waals surface area contributed by atoms with Crippen LogP contribution in [0, 0.1) is 0 Å². The van der Waals surface area contributed by atoms with E-state index in [-0.39, 0.29) is 24.0 Å². The fraction of sp³-hybridized carbons (Fsp3) is 0.524. The van der Waals surface area contributed by atoms with Gasteiger partial charge in [0.1, 0.15) is 0 Å². The monoisotopic (exact) mass is 530 g/mol. The minimum absolute atomic E-state index is 0. The van der Waals surface area contributed by atoms with Gasteiger partial charge in [-0.05, 0) is 43.0 Å². The number of hydrogen-bond acceptors (Lipinski definition) is 5. The number of benzene rings is 1. The molecule has 0 amide bonds. The number of hydrogen-bond donors (Lipinski definition) is 1. The average molecular weight is 530 g/mol. The Hall–Kier alpha value is -1.55. The zero-order valence-electron chi connectivity index (χ0n) is 17.7. The maximum absolute atomic E-state index is 5.48. The molecule has 1 aliphatic rings. The van der Waals surface area contributed by atoms with Crippen LogP contribution in [0.2, 0.25) is 0 Å². The Morgan fingerprint density at radius 1 is 1.21 bits per heavy atom. The van der Waals surface area contributed by atoms with Gasteiger partial charge >= 0.3 is 0 Å². The van der Waals surface area contributed by atoms with Crippen molar-refractivity contribution in [3.8, 4) is 11.5 Å². The van der Waals surface area contributed by atoms with Crippen LogP contribution in [0.25, 0.3) is 0 Å². The quantitative estimate of drug-likeness (QED) is 0.334. The molecule has 1 aromatic carbocycles. The number of rotatable bonds is 7. The highest BCUT2D eigenvalue weighted by Gasteiger charge is 2.21. The summed E-state index contributed by atoms with van der Waals surface area (Å²) in [5, 5.41) is 4.60. The molecule has 0 saturated heterocycles. The maximum Gasteiger partial charge on any atom is 0.194 e. The first kappa shape index (κ1) is 23.7. The molecule has 0 fully saturated rings. The van der Waals surface area contributed by atoms with E-state index >= 15 is 0 Å². The van der Waals surface area contributed by atoms with Gasteiger partial charge in [0.25, 0.3) is 0 Å². The van der Waals surface area contributed by atoms with E-state index in [0.29, 0.717) is 0 Å². The van der Waals surface area contributed by atoms with Crippen molar-refractivity contribution in [1.82, 2.24) is 15.2 Å². The van der Waals surface area contributed by atoms with Crippen molar-refractivity contribution in [3.05, 3.63) is 39.3 Å². The minimum atomic E-state index is 0. The molecule has 0 bridgehead atoms. The molecule has 3 rings (SSSR count). The molecule has 2 aromatic rings. The Morgan fingerprint density at radius 2 is 1.93 bits per heavy atom. The molecule has 8 heteroatoms. The Balaban J connectivity index is 0.00000300. The highest BCUT2D eigenvalue weighted by Crippen LogP contribution is 2.33. The highest BCUT2D eigenvalue weighted by atomic mass is 127. The number of nitrogens with zero attached hydrogens (tertiary/aromatic N) is 3. The molecule has 2 heterocycles. The molecule has 0 atom stereocenters. The summed E-state index contributed by atoms with van der Waals surface area (Å²) in [4.78, 5) is 13.0. The number of aliphatic imine (C=N–C) groups is 1. The molecule has 160 valence electrons. The van der Waals surface area contributed by atoms with Crippen molar-refractivity contribution >= 4 is 41.3 Å². The Bertz CT molecular complexity index is 825. The molecule has 0 unspecified atom stereocenters. The van der Waals surface area contributed by atoms with Crippen LogP contribution in [0.5, 0.6) is 11.5 Å². The van der Waals surface area contributed by atoms with Crippen molar-refractivity contribution in [2.24, 2.45) is 4.99 Å². The van der Waals surface area contributed by atoms with E-state index in [1.54, 1.807) is 25.6 Å². The third kappa shape index (κ3) is 5.97. The van der Waals surface area contributed by atoms with Crippen LogP contribution in [-0.2, 0) is 25.8 Å².